The van der Waals surface area contributed by atoms with E-state index in [0.717, 1.165) is 38.6 Å². The van der Waals surface area contributed by atoms with Crippen LogP contribution < -0.4 is 10.6 Å². The Hall–Kier alpha value is -1.78. The summed E-state index contributed by atoms with van der Waals surface area (Å²) in [5.74, 6) is 1.52. The van der Waals surface area contributed by atoms with Gasteiger partial charge in [0.2, 0.25) is 0 Å². The third-order valence-electron chi connectivity index (χ3n) is 5.05. The Labute approximate surface area is 169 Å². The number of rotatable bonds is 8. The summed E-state index contributed by atoms with van der Waals surface area (Å²) >= 11 is 0. The Kier molecular flexibility index (Phi) is 8.19. The molecule has 29 heavy (non-hydrogen) atoms. The van der Waals surface area contributed by atoms with E-state index in [1.807, 2.05) is 12.1 Å². The summed E-state index contributed by atoms with van der Waals surface area (Å²) in [6, 6.07) is 3.71. The molecule has 2 N–H and O–H groups in total. The zero-order valence-corrected chi connectivity index (χ0v) is 16.6. The molecule has 1 atom stereocenters. The van der Waals surface area contributed by atoms with Crippen molar-refractivity contribution in [2.45, 2.75) is 25.1 Å². The first-order valence-electron chi connectivity index (χ1n) is 10.1. The Morgan fingerprint density at radius 1 is 1.21 bits per heavy atom. The number of likely N-dealkylation sites (tertiary alicyclic amines) is 1. The molecule has 1 unspecified atom stereocenters. The standard InChI is InChI=1S/C19H30F3N5O2/c20-19(21,22)15-27-7-4-16(14-27)25-18(23-5-3-17-2-1-11-29-17)24-6-8-26-9-12-28-13-10-26/h1-2,11,16H,3-10,12-15H2,(H2,23,24,25). The molecule has 3 heterocycles. The van der Waals surface area contributed by atoms with Gasteiger partial charge in [0.1, 0.15) is 5.76 Å². The molecule has 0 radical (unpaired) electrons. The highest BCUT2D eigenvalue weighted by molar-refractivity contribution is 5.80. The average Bonchev–Trinajstić information content (AvgIpc) is 3.33. The predicted molar refractivity (Wildman–Crippen MR) is 104 cm³/mol. The molecule has 1 aromatic heterocycles. The van der Waals surface area contributed by atoms with Crippen LogP contribution in [0.1, 0.15) is 12.2 Å². The summed E-state index contributed by atoms with van der Waals surface area (Å²) in [6.07, 6.45) is -1.15. The summed E-state index contributed by atoms with van der Waals surface area (Å²) in [4.78, 5) is 8.38. The van der Waals surface area contributed by atoms with E-state index in [1.54, 1.807) is 6.26 Å². The van der Waals surface area contributed by atoms with Gasteiger partial charge in [0.15, 0.2) is 5.96 Å². The lowest BCUT2D eigenvalue weighted by molar-refractivity contribution is -0.143. The molecular weight excluding hydrogens is 387 g/mol. The Bertz CT molecular complexity index is 618. The van der Waals surface area contributed by atoms with Crippen LogP contribution in [0.4, 0.5) is 13.2 Å². The molecule has 3 rings (SSSR count). The van der Waals surface area contributed by atoms with Crippen LogP contribution in [0.25, 0.3) is 0 Å². The molecule has 2 saturated heterocycles. The number of alkyl halides is 3. The van der Waals surface area contributed by atoms with E-state index in [-0.39, 0.29) is 6.04 Å². The lowest BCUT2D eigenvalue weighted by atomic mass is 10.3. The number of hydrogen-bond acceptors (Lipinski definition) is 5. The largest absolute Gasteiger partial charge is 0.469 e. The highest BCUT2D eigenvalue weighted by Gasteiger charge is 2.34. The average molecular weight is 417 g/mol. The molecule has 2 aliphatic heterocycles. The second-order valence-corrected chi connectivity index (χ2v) is 7.42. The fourth-order valence-corrected chi connectivity index (χ4v) is 3.58. The van der Waals surface area contributed by atoms with E-state index in [0.29, 0.717) is 45.0 Å². The maximum Gasteiger partial charge on any atom is 0.401 e. The van der Waals surface area contributed by atoms with E-state index in [1.165, 1.54) is 4.90 Å². The maximum absolute atomic E-state index is 12.6. The molecule has 0 spiro atoms. The van der Waals surface area contributed by atoms with Crippen molar-refractivity contribution in [1.82, 2.24) is 20.4 Å². The van der Waals surface area contributed by atoms with Gasteiger partial charge in [-0.2, -0.15) is 13.2 Å². The van der Waals surface area contributed by atoms with Gasteiger partial charge in [0.25, 0.3) is 0 Å². The number of halogens is 3. The van der Waals surface area contributed by atoms with Crippen LogP contribution in [-0.4, -0.2) is 93.5 Å². The number of aliphatic imine (C=N–C) groups is 1. The van der Waals surface area contributed by atoms with Gasteiger partial charge in [-0.15, -0.1) is 0 Å². The topological polar surface area (TPSA) is 65.3 Å². The molecule has 10 heteroatoms. The minimum atomic E-state index is -4.16. The van der Waals surface area contributed by atoms with Gasteiger partial charge in [-0.1, -0.05) is 0 Å². The minimum Gasteiger partial charge on any atom is -0.469 e. The quantitative estimate of drug-likeness (QED) is 0.492. The Morgan fingerprint density at radius 3 is 2.76 bits per heavy atom. The number of guanidine groups is 1. The Balaban J connectivity index is 1.48. The van der Waals surface area contributed by atoms with Crippen molar-refractivity contribution in [3.63, 3.8) is 0 Å². The smallest absolute Gasteiger partial charge is 0.401 e. The fraction of sp³-hybridized carbons (Fsp3) is 0.737. The van der Waals surface area contributed by atoms with E-state index in [4.69, 9.17) is 9.15 Å². The molecule has 0 saturated carbocycles. The van der Waals surface area contributed by atoms with Crippen molar-refractivity contribution in [3.8, 4) is 0 Å². The molecule has 0 aliphatic carbocycles. The van der Waals surface area contributed by atoms with Gasteiger partial charge in [0.05, 0.1) is 32.6 Å². The molecule has 7 nitrogen and oxygen atoms in total. The van der Waals surface area contributed by atoms with Crippen LogP contribution in [0.15, 0.2) is 27.8 Å². The minimum absolute atomic E-state index is 0.0457. The number of nitrogens with zero attached hydrogens (tertiary/aromatic N) is 3. The lowest BCUT2D eigenvalue weighted by Crippen LogP contribution is -2.46. The summed E-state index contributed by atoms with van der Waals surface area (Å²) < 4.78 is 48.6. The fourth-order valence-electron chi connectivity index (χ4n) is 3.58. The number of furan rings is 1. The predicted octanol–water partition coefficient (Wildman–Crippen LogP) is 1.33. The van der Waals surface area contributed by atoms with Gasteiger partial charge >= 0.3 is 6.18 Å². The molecule has 0 bridgehead atoms. The van der Waals surface area contributed by atoms with E-state index >= 15 is 0 Å². The van der Waals surface area contributed by atoms with Gasteiger partial charge in [-0.3, -0.25) is 14.8 Å². The monoisotopic (exact) mass is 417 g/mol. The van der Waals surface area contributed by atoms with Crippen LogP contribution in [-0.2, 0) is 11.2 Å². The highest BCUT2D eigenvalue weighted by atomic mass is 19.4. The van der Waals surface area contributed by atoms with Crippen molar-refractivity contribution in [3.05, 3.63) is 24.2 Å². The van der Waals surface area contributed by atoms with Gasteiger partial charge in [0, 0.05) is 51.7 Å². The first kappa shape index (κ1) is 21.9. The first-order valence-corrected chi connectivity index (χ1v) is 10.1. The Morgan fingerprint density at radius 2 is 2.03 bits per heavy atom. The zero-order chi connectivity index (χ0) is 20.5. The normalized spacial score (nSPS) is 22.2. The molecule has 2 aliphatic rings. The highest BCUT2D eigenvalue weighted by Crippen LogP contribution is 2.19. The van der Waals surface area contributed by atoms with Crippen LogP contribution in [0.2, 0.25) is 0 Å². The van der Waals surface area contributed by atoms with Crippen molar-refractivity contribution < 1.29 is 22.3 Å². The summed E-state index contributed by atoms with van der Waals surface area (Å²) in [5.41, 5.74) is 0. The number of ether oxygens (including phenoxy) is 1. The van der Waals surface area contributed by atoms with Crippen LogP contribution in [0, 0.1) is 0 Å². The summed E-state index contributed by atoms with van der Waals surface area (Å²) in [5, 5.41) is 6.59. The molecule has 0 aromatic carbocycles. The molecular formula is C19H30F3N5O2. The van der Waals surface area contributed by atoms with E-state index in [9.17, 15) is 13.2 Å². The SMILES string of the molecule is FC(F)(F)CN1CCC(NC(=NCCN2CCOCC2)NCCc2ccco2)C1. The van der Waals surface area contributed by atoms with Gasteiger partial charge < -0.3 is 19.8 Å². The third kappa shape index (κ3) is 8.23. The number of nitrogens with one attached hydrogen (secondary N) is 2. The molecule has 1 aromatic rings. The zero-order valence-electron chi connectivity index (χ0n) is 16.6. The second kappa shape index (κ2) is 10.8. The van der Waals surface area contributed by atoms with Crippen LogP contribution in [0.5, 0.6) is 0 Å². The van der Waals surface area contributed by atoms with Crippen molar-refractivity contribution in [1.29, 1.82) is 0 Å². The van der Waals surface area contributed by atoms with Gasteiger partial charge in [-0.25, -0.2) is 0 Å². The summed E-state index contributed by atoms with van der Waals surface area (Å²) in [7, 11) is 0. The first-order chi connectivity index (χ1) is 14.0. The summed E-state index contributed by atoms with van der Waals surface area (Å²) in [6.45, 7) is 5.32. The van der Waals surface area contributed by atoms with Crippen molar-refractivity contribution in [2.24, 2.45) is 4.99 Å². The van der Waals surface area contributed by atoms with Crippen molar-refractivity contribution in [2.75, 3.05) is 65.6 Å². The second-order valence-electron chi connectivity index (χ2n) is 7.42. The van der Waals surface area contributed by atoms with Gasteiger partial charge in [-0.05, 0) is 18.6 Å². The molecule has 2 fully saturated rings. The van der Waals surface area contributed by atoms with Crippen molar-refractivity contribution >= 4 is 5.96 Å². The van der Waals surface area contributed by atoms with E-state index in [2.05, 4.69) is 20.5 Å². The third-order valence-corrected chi connectivity index (χ3v) is 5.05. The number of hydrogen-bond donors (Lipinski definition) is 2. The van der Waals surface area contributed by atoms with Crippen LogP contribution in [0.3, 0.4) is 0 Å². The molecule has 0 amide bonds. The molecule has 164 valence electrons. The maximum atomic E-state index is 12.6. The van der Waals surface area contributed by atoms with Crippen LogP contribution >= 0.6 is 0 Å². The lowest BCUT2D eigenvalue weighted by Gasteiger charge is -2.26. The number of morpholine rings is 1. The van der Waals surface area contributed by atoms with E-state index < -0.39 is 12.7 Å².